The first kappa shape index (κ1) is 19.9. The molecule has 1 aliphatic carbocycles. The van der Waals surface area contributed by atoms with E-state index < -0.39 is 0 Å². The van der Waals surface area contributed by atoms with E-state index in [-0.39, 0.29) is 5.56 Å². The summed E-state index contributed by atoms with van der Waals surface area (Å²) in [5.74, 6) is 1.05. The van der Waals surface area contributed by atoms with Crippen molar-refractivity contribution in [2.24, 2.45) is 5.92 Å². The lowest BCUT2D eigenvalue weighted by Gasteiger charge is -2.30. The molecule has 2 heterocycles. The minimum absolute atomic E-state index is 0.0807. The van der Waals surface area contributed by atoms with Gasteiger partial charge in [0.25, 0.3) is 5.56 Å². The molecule has 4 nitrogen and oxygen atoms in total. The fourth-order valence-corrected chi connectivity index (χ4v) is 4.88. The van der Waals surface area contributed by atoms with Gasteiger partial charge in [0.05, 0.1) is 10.4 Å². The first-order valence-electron chi connectivity index (χ1n) is 10.5. The van der Waals surface area contributed by atoms with Crippen molar-refractivity contribution in [3.8, 4) is 10.4 Å². The summed E-state index contributed by atoms with van der Waals surface area (Å²) in [4.78, 5) is 18.4. The molecule has 1 saturated carbocycles. The first-order valence-corrected chi connectivity index (χ1v) is 11.4. The number of hydrogen-bond donors (Lipinski definition) is 1. The van der Waals surface area contributed by atoms with Crippen molar-refractivity contribution >= 4 is 17.0 Å². The van der Waals surface area contributed by atoms with Crippen LogP contribution in [0.2, 0.25) is 0 Å². The number of nitrogens with one attached hydrogen (secondary N) is 1. The van der Waals surface area contributed by atoms with Crippen molar-refractivity contribution < 1.29 is 0 Å². The molecule has 0 radical (unpaired) electrons. The largest absolute Gasteiger partial charge is 0.378 e. The Balaban J connectivity index is 1.52. The third-order valence-corrected chi connectivity index (χ3v) is 6.54. The van der Waals surface area contributed by atoms with Gasteiger partial charge in [-0.1, -0.05) is 44.2 Å². The summed E-state index contributed by atoms with van der Waals surface area (Å²) in [5, 5.41) is 3.59. The Labute approximate surface area is 176 Å². The van der Waals surface area contributed by atoms with Gasteiger partial charge in [0.1, 0.15) is 5.69 Å². The van der Waals surface area contributed by atoms with E-state index in [2.05, 4.69) is 54.5 Å². The Kier molecular flexibility index (Phi) is 6.14. The van der Waals surface area contributed by atoms with Gasteiger partial charge in [-0.25, -0.2) is 0 Å². The van der Waals surface area contributed by atoms with Gasteiger partial charge >= 0.3 is 0 Å². The topological polar surface area (TPSA) is 46.9 Å². The standard InChI is InChI=1S/C24H29N3OS/c1-17(2)14-27-15-20(23-13-25-16-29-23)12-22(24(27)28)26-21-10-8-19(9-11-21)18-6-4-3-5-7-18/h3-7,12-13,15-17,19,21,26H,8-11,14H2,1-2H3. The fourth-order valence-electron chi connectivity index (χ4n) is 4.28. The third-order valence-electron chi connectivity index (χ3n) is 5.72. The van der Waals surface area contributed by atoms with Crippen LogP contribution in [-0.4, -0.2) is 15.6 Å². The van der Waals surface area contributed by atoms with Crippen LogP contribution in [0.1, 0.15) is 51.0 Å². The van der Waals surface area contributed by atoms with Crippen LogP contribution in [0.4, 0.5) is 5.69 Å². The molecule has 1 aromatic carbocycles. The zero-order valence-corrected chi connectivity index (χ0v) is 18.0. The van der Waals surface area contributed by atoms with Crippen molar-refractivity contribution in [1.82, 2.24) is 9.55 Å². The van der Waals surface area contributed by atoms with E-state index in [0.717, 1.165) is 48.4 Å². The number of pyridine rings is 1. The van der Waals surface area contributed by atoms with Gasteiger partial charge in [0.15, 0.2) is 0 Å². The van der Waals surface area contributed by atoms with Crippen LogP contribution in [-0.2, 0) is 6.54 Å². The first-order chi connectivity index (χ1) is 14.1. The molecule has 5 heteroatoms. The van der Waals surface area contributed by atoms with E-state index >= 15 is 0 Å². The molecule has 29 heavy (non-hydrogen) atoms. The van der Waals surface area contributed by atoms with Gasteiger partial charge in [-0.05, 0) is 49.1 Å². The lowest BCUT2D eigenvalue weighted by molar-refractivity contribution is 0.411. The number of aromatic nitrogens is 2. The summed E-state index contributed by atoms with van der Waals surface area (Å²) >= 11 is 1.61. The van der Waals surface area contributed by atoms with Gasteiger partial charge in [-0.3, -0.25) is 9.78 Å². The maximum atomic E-state index is 13.1. The number of nitrogens with zero attached hydrogens (tertiary/aromatic N) is 2. The van der Waals surface area contributed by atoms with Gasteiger partial charge in [0, 0.05) is 30.5 Å². The SMILES string of the molecule is CC(C)Cn1cc(-c2cncs2)cc(NC2CCC(c3ccccc3)CC2)c1=O. The number of rotatable bonds is 6. The second kappa shape index (κ2) is 8.95. The maximum absolute atomic E-state index is 13.1. The van der Waals surface area contributed by atoms with E-state index in [0.29, 0.717) is 17.9 Å². The molecule has 2 aromatic heterocycles. The number of anilines is 1. The quantitative estimate of drug-likeness (QED) is 0.564. The highest BCUT2D eigenvalue weighted by atomic mass is 32.1. The second-order valence-electron chi connectivity index (χ2n) is 8.46. The fraction of sp³-hybridized carbons (Fsp3) is 0.417. The second-order valence-corrected chi connectivity index (χ2v) is 9.35. The highest BCUT2D eigenvalue weighted by Gasteiger charge is 2.23. The normalized spacial score (nSPS) is 19.4. The van der Waals surface area contributed by atoms with Crippen molar-refractivity contribution in [3.63, 3.8) is 0 Å². The Hall–Kier alpha value is -2.40. The summed E-state index contributed by atoms with van der Waals surface area (Å²) in [5.41, 5.74) is 5.15. The molecule has 0 atom stereocenters. The Bertz CT molecular complexity index is 971. The monoisotopic (exact) mass is 407 g/mol. The molecule has 0 unspecified atom stereocenters. The number of benzene rings is 1. The molecule has 0 spiro atoms. The summed E-state index contributed by atoms with van der Waals surface area (Å²) < 4.78 is 1.86. The molecule has 152 valence electrons. The Morgan fingerprint density at radius 2 is 1.93 bits per heavy atom. The molecule has 0 amide bonds. The Morgan fingerprint density at radius 1 is 1.17 bits per heavy atom. The van der Waals surface area contributed by atoms with Gasteiger partial charge in [-0.2, -0.15) is 0 Å². The van der Waals surface area contributed by atoms with Crippen molar-refractivity contribution in [1.29, 1.82) is 0 Å². The lowest BCUT2D eigenvalue weighted by atomic mass is 9.82. The average Bonchev–Trinajstić information content (AvgIpc) is 3.27. The summed E-state index contributed by atoms with van der Waals surface area (Å²) in [6.07, 6.45) is 8.36. The van der Waals surface area contributed by atoms with Crippen LogP contribution in [0, 0.1) is 5.92 Å². The zero-order valence-electron chi connectivity index (χ0n) is 17.2. The van der Waals surface area contributed by atoms with Crippen LogP contribution in [0.5, 0.6) is 0 Å². The molecular weight excluding hydrogens is 378 g/mol. The molecule has 1 aliphatic rings. The van der Waals surface area contributed by atoms with Gasteiger partial charge in [0.2, 0.25) is 0 Å². The van der Waals surface area contributed by atoms with Crippen LogP contribution in [0.3, 0.4) is 0 Å². The van der Waals surface area contributed by atoms with Crippen molar-refractivity contribution in [2.45, 2.75) is 58.0 Å². The molecule has 1 N–H and O–H groups in total. The van der Waals surface area contributed by atoms with E-state index in [1.165, 1.54) is 5.56 Å². The number of hydrogen-bond acceptors (Lipinski definition) is 4. The molecule has 0 saturated heterocycles. The van der Waals surface area contributed by atoms with Gasteiger partial charge in [-0.15, -0.1) is 11.3 Å². The smallest absolute Gasteiger partial charge is 0.273 e. The van der Waals surface area contributed by atoms with E-state index in [9.17, 15) is 4.79 Å². The van der Waals surface area contributed by atoms with Crippen LogP contribution >= 0.6 is 11.3 Å². The van der Waals surface area contributed by atoms with Crippen molar-refractivity contribution in [2.75, 3.05) is 5.32 Å². The molecule has 0 bridgehead atoms. The summed E-state index contributed by atoms with van der Waals surface area (Å²) in [7, 11) is 0. The number of thiazole rings is 1. The Morgan fingerprint density at radius 3 is 2.59 bits per heavy atom. The van der Waals surface area contributed by atoms with Crippen LogP contribution < -0.4 is 10.9 Å². The highest BCUT2D eigenvalue weighted by molar-refractivity contribution is 7.13. The minimum Gasteiger partial charge on any atom is -0.378 e. The van der Waals surface area contributed by atoms with E-state index in [4.69, 9.17) is 0 Å². The van der Waals surface area contributed by atoms with Gasteiger partial charge < -0.3 is 9.88 Å². The predicted octanol–water partition coefficient (Wildman–Crippen LogP) is 5.77. The summed E-state index contributed by atoms with van der Waals surface area (Å²) in [6, 6.07) is 13.2. The molecular formula is C24H29N3OS. The lowest BCUT2D eigenvalue weighted by Crippen LogP contribution is -2.31. The average molecular weight is 408 g/mol. The minimum atomic E-state index is 0.0807. The molecule has 0 aliphatic heterocycles. The van der Waals surface area contributed by atoms with Crippen LogP contribution in [0.15, 0.2) is 59.1 Å². The molecule has 3 aromatic rings. The predicted molar refractivity (Wildman–Crippen MR) is 122 cm³/mol. The van der Waals surface area contributed by atoms with E-state index in [1.807, 2.05) is 28.5 Å². The zero-order chi connectivity index (χ0) is 20.2. The highest BCUT2D eigenvalue weighted by Crippen LogP contribution is 2.34. The summed E-state index contributed by atoms with van der Waals surface area (Å²) in [6.45, 7) is 5.01. The van der Waals surface area contributed by atoms with Crippen LogP contribution in [0.25, 0.3) is 10.4 Å². The van der Waals surface area contributed by atoms with E-state index in [1.54, 1.807) is 11.3 Å². The molecule has 1 fully saturated rings. The third kappa shape index (κ3) is 4.78. The van der Waals surface area contributed by atoms with Crippen molar-refractivity contribution in [3.05, 3.63) is 70.2 Å². The molecule has 4 rings (SSSR count). The maximum Gasteiger partial charge on any atom is 0.273 e.